The molecule has 10 aliphatic heterocycles. The summed E-state index contributed by atoms with van der Waals surface area (Å²) >= 11 is 0. The van der Waals surface area contributed by atoms with E-state index in [-0.39, 0.29) is 122 Å². The third-order valence-corrected chi connectivity index (χ3v) is 14.0. The molecule has 19 atom stereocenters. The van der Waals surface area contributed by atoms with E-state index in [0.717, 1.165) is 56.1 Å². The minimum absolute atomic E-state index is 0.0158. The Bertz CT molecular complexity index is 1380. The smallest absolute Gasteiger partial charge is 0.172 e. The van der Waals surface area contributed by atoms with Gasteiger partial charge in [-0.1, -0.05) is 20.1 Å². The van der Waals surface area contributed by atoms with Gasteiger partial charge in [0.1, 0.15) is 36.3 Å². The molecule has 13 unspecified atom stereocenters. The SMILES string of the molecule is C=C1CC2CCC34CC5OC6C(OC7CCC(CC(=O)CC8C(OC)[C@@H](CC(O)CN)O[C@H]8C[C@H]8O[C@@H](CC[C@@H]1O2)C[C@@H](C)C8=C)OC7C6O3)C5O4. The van der Waals surface area contributed by atoms with Gasteiger partial charge in [0, 0.05) is 58.1 Å². The first-order valence-electron chi connectivity index (χ1n) is 20.2. The summed E-state index contributed by atoms with van der Waals surface area (Å²) in [6.07, 6.45) is 4.85. The quantitative estimate of drug-likeness (QED) is 0.409. The molecule has 290 valence electrons. The Kier molecular flexibility index (Phi) is 10.0. The topological polar surface area (TPSA) is 146 Å². The van der Waals surface area contributed by atoms with Crippen LogP contribution in [0.3, 0.4) is 0 Å². The highest BCUT2D eigenvalue weighted by Gasteiger charge is 2.68. The molecule has 10 saturated heterocycles. The molecule has 10 heterocycles. The number of rotatable bonds is 4. The Morgan fingerprint density at radius 3 is 2.38 bits per heavy atom. The number of hydrogen-bond acceptors (Lipinski definition) is 12. The van der Waals surface area contributed by atoms with Crippen molar-refractivity contribution in [2.75, 3.05) is 13.7 Å². The molecular weight excluding hydrogens is 670 g/mol. The fraction of sp³-hybridized carbons (Fsp3) is 0.875. The zero-order chi connectivity index (χ0) is 35.9. The van der Waals surface area contributed by atoms with Crippen LogP contribution in [0.2, 0.25) is 0 Å². The maximum absolute atomic E-state index is 14.1. The van der Waals surface area contributed by atoms with Crippen molar-refractivity contribution in [3.63, 3.8) is 0 Å². The lowest BCUT2D eigenvalue weighted by molar-refractivity contribution is -0.292. The maximum atomic E-state index is 14.1. The van der Waals surface area contributed by atoms with Crippen LogP contribution >= 0.6 is 0 Å². The summed E-state index contributed by atoms with van der Waals surface area (Å²) in [6.45, 7) is 11.3. The van der Waals surface area contributed by atoms with Gasteiger partial charge in [0.25, 0.3) is 0 Å². The van der Waals surface area contributed by atoms with Crippen molar-refractivity contribution < 1.29 is 52.5 Å². The summed E-state index contributed by atoms with van der Waals surface area (Å²) in [5.74, 6) is -0.619. The predicted octanol–water partition coefficient (Wildman–Crippen LogP) is 3.44. The van der Waals surface area contributed by atoms with E-state index >= 15 is 0 Å². The molecule has 12 bridgehead atoms. The molecule has 0 aromatic rings. The van der Waals surface area contributed by atoms with Gasteiger partial charge in [0.05, 0.1) is 67.1 Å². The third-order valence-electron chi connectivity index (χ3n) is 14.0. The molecule has 3 N–H and O–H groups in total. The maximum Gasteiger partial charge on any atom is 0.172 e. The molecule has 0 aromatic heterocycles. The van der Waals surface area contributed by atoms with Crippen molar-refractivity contribution in [1.29, 1.82) is 0 Å². The highest BCUT2D eigenvalue weighted by Crippen LogP contribution is 2.54. The molecule has 12 nitrogen and oxygen atoms in total. The van der Waals surface area contributed by atoms with Crippen LogP contribution in [0.15, 0.2) is 24.3 Å². The van der Waals surface area contributed by atoms with E-state index in [1.54, 1.807) is 7.11 Å². The van der Waals surface area contributed by atoms with E-state index in [1.165, 1.54) is 0 Å². The number of carbonyl (C=O) groups is 1. The molecule has 0 aliphatic carbocycles. The van der Waals surface area contributed by atoms with Gasteiger partial charge in [-0.3, -0.25) is 4.79 Å². The second-order valence-corrected chi connectivity index (χ2v) is 17.4. The number of nitrogens with two attached hydrogens (primary N) is 1. The number of Topliss-reactive ketones (excluding diaryl/α,β-unsaturated/α-hetero) is 1. The first-order valence-corrected chi connectivity index (χ1v) is 20.2. The van der Waals surface area contributed by atoms with Gasteiger partial charge >= 0.3 is 0 Å². The highest BCUT2D eigenvalue weighted by atomic mass is 16.8. The Balaban J connectivity index is 0.994. The van der Waals surface area contributed by atoms with Crippen molar-refractivity contribution in [3.05, 3.63) is 24.3 Å². The minimum Gasteiger partial charge on any atom is -0.392 e. The molecule has 52 heavy (non-hydrogen) atoms. The average Bonchev–Trinajstić information content (AvgIpc) is 3.79. The van der Waals surface area contributed by atoms with Gasteiger partial charge in [-0.05, 0) is 62.0 Å². The number of aliphatic hydroxyl groups excluding tert-OH is 1. The van der Waals surface area contributed by atoms with E-state index in [4.69, 9.17) is 48.4 Å². The third kappa shape index (κ3) is 6.59. The molecule has 0 amide bonds. The number of aliphatic hydroxyl groups is 1. The monoisotopic (exact) mass is 729 g/mol. The molecule has 10 fully saturated rings. The number of ketones is 1. The lowest BCUT2D eigenvalue weighted by Gasteiger charge is -2.47. The minimum atomic E-state index is -0.780. The zero-order valence-corrected chi connectivity index (χ0v) is 30.8. The summed E-state index contributed by atoms with van der Waals surface area (Å²) in [4.78, 5) is 14.1. The van der Waals surface area contributed by atoms with E-state index in [9.17, 15) is 9.90 Å². The summed E-state index contributed by atoms with van der Waals surface area (Å²) in [5, 5.41) is 10.5. The van der Waals surface area contributed by atoms with E-state index < -0.39 is 18.0 Å². The molecule has 0 saturated carbocycles. The first kappa shape index (κ1) is 36.4. The van der Waals surface area contributed by atoms with Crippen molar-refractivity contribution in [2.24, 2.45) is 17.6 Å². The molecule has 1 spiro atoms. The predicted molar refractivity (Wildman–Crippen MR) is 186 cm³/mol. The summed E-state index contributed by atoms with van der Waals surface area (Å²) in [5.41, 5.74) is 8.01. The second-order valence-electron chi connectivity index (χ2n) is 17.4. The highest BCUT2D eigenvalue weighted by molar-refractivity contribution is 5.79. The fourth-order valence-electron chi connectivity index (χ4n) is 11.3. The molecular formula is C40H59NO11. The molecule has 10 aliphatic rings. The molecule has 0 radical (unpaired) electrons. The van der Waals surface area contributed by atoms with Crippen LogP contribution in [0, 0.1) is 11.8 Å². The zero-order valence-electron chi connectivity index (χ0n) is 30.8. The largest absolute Gasteiger partial charge is 0.392 e. The van der Waals surface area contributed by atoms with Gasteiger partial charge in [-0.15, -0.1) is 0 Å². The Hall–Kier alpha value is -1.29. The van der Waals surface area contributed by atoms with Gasteiger partial charge in [0.2, 0.25) is 0 Å². The van der Waals surface area contributed by atoms with Crippen LogP contribution in [0.25, 0.3) is 0 Å². The van der Waals surface area contributed by atoms with E-state index in [2.05, 4.69) is 20.1 Å². The van der Waals surface area contributed by atoms with Gasteiger partial charge in [-0.25, -0.2) is 0 Å². The summed E-state index contributed by atoms with van der Waals surface area (Å²) in [6, 6.07) is 0. The van der Waals surface area contributed by atoms with E-state index in [0.29, 0.717) is 25.7 Å². The number of carbonyl (C=O) groups excluding carboxylic acids is 1. The van der Waals surface area contributed by atoms with Crippen LogP contribution in [0.1, 0.15) is 90.4 Å². The second kappa shape index (κ2) is 14.3. The van der Waals surface area contributed by atoms with Crippen LogP contribution in [0.4, 0.5) is 0 Å². The molecule has 10 rings (SSSR count). The average molecular weight is 730 g/mol. The van der Waals surface area contributed by atoms with Gasteiger partial charge in [-0.2, -0.15) is 0 Å². The van der Waals surface area contributed by atoms with Crippen LogP contribution < -0.4 is 5.73 Å². The van der Waals surface area contributed by atoms with Gasteiger partial charge in [0.15, 0.2) is 5.79 Å². The molecule has 0 aromatic carbocycles. The normalized spacial score (nSPS) is 52.4. The van der Waals surface area contributed by atoms with E-state index in [1.807, 2.05) is 0 Å². The molecule has 12 heteroatoms. The van der Waals surface area contributed by atoms with Gasteiger partial charge < -0.3 is 53.5 Å². The standard InChI is InChI=1S/C40H59NO11/c1-19-11-24-5-7-28-20(2)12-26(45-28)9-10-40-17-33-36(51-40)37-38(50-33)39(52-40)35-29(49-37)8-6-25(47-35)13-22(42)14-27-31(16-30(46-24)21(19)3)48-32(34(27)44-4)15-23(43)18-41/h19,23-39,43H,2-3,5-18,41H2,1,4H3/t19-,23?,24+,25?,26?,27?,28+,29?,30-,31+,32-,33?,34?,35?,36?,37?,38?,39?,40?/m1/s1. The van der Waals surface area contributed by atoms with Crippen molar-refractivity contribution in [3.8, 4) is 0 Å². The number of fused-ring (bicyclic) bond motifs is 6. The van der Waals surface area contributed by atoms with Crippen LogP contribution in [-0.4, -0.2) is 128 Å². The van der Waals surface area contributed by atoms with Crippen molar-refractivity contribution in [1.82, 2.24) is 0 Å². The Labute approximate surface area is 307 Å². The summed E-state index contributed by atoms with van der Waals surface area (Å²) < 4.78 is 60.0. The number of ether oxygens (including phenoxy) is 9. The lowest BCUT2D eigenvalue weighted by atomic mass is 9.81. The number of hydrogen-bond donors (Lipinski definition) is 2. The van der Waals surface area contributed by atoms with Crippen molar-refractivity contribution >= 4 is 5.78 Å². The fourth-order valence-corrected chi connectivity index (χ4v) is 11.3. The summed E-state index contributed by atoms with van der Waals surface area (Å²) in [7, 11) is 1.66. The Morgan fingerprint density at radius 1 is 0.808 bits per heavy atom. The lowest BCUT2D eigenvalue weighted by Crippen LogP contribution is -2.61. The van der Waals surface area contributed by atoms with Crippen LogP contribution in [-0.2, 0) is 47.4 Å². The van der Waals surface area contributed by atoms with Crippen molar-refractivity contribution in [2.45, 2.75) is 194 Å². The first-order chi connectivity index (χ1) is 25.1. The van der Waals surface area contributed by atoms with Crippen LogP contribution in [0.5, 0.6) is 0 Å². The number of methoxy groups -OCH3 is 1. The Morgan fingerprint density at radius 2 is 1.56 bits per heavy atom.